The summed E-state index contributed by atoms with van der Waals surface area (Å²) >= 11 is 0. The molecule has 0 saturated heterocycles. The molecule has 0 radical (unpaired) electrons. The second kappa shape index (κ2) is 10.6. The van der Waals surface area contributed by atoms with Crippen molar-refractivity contribution in [1.82, 2.24) is 0 Å². The minimum Gasteiger partial charge on any atom is -0.545 e. The SMILES string of the molecule is CCCCCCOC(=O)c1ccc(C(=O)[O-])cc1.[K+]. The van der Waals surface area contributed by atoms with Gasteiger partial charge in [0.05, 0.1) is 18.1 Å². The normalized spacial score (nSPS) is 9.53. The van der Waals surface area contributed by atoms with Crippen molar-refractivity contribution in [3.05, 3.63) is 35.4 Å². The number of carbonyl (C=O) groups is 2. The molecule has 98 valence electrons. The molecule has 4 nitrogen and oxygen atoms in total. The Morgan fingerprint density at radius 2 is 1.63 bits per heavy atom. The number of carboxylic acids is 1. The molecule has 0 aliphatic carbocycles. The molecule has 0 heterocycles. The summed E-state index contributed by atoms with van der Waals surface area (Å²) in [5, 5.41) is 10.5. The number of hydrogen-bond donors (Lipinski definition) is 0. The number of ether oxygens (including phenoxy) is 1. The first kappa shape index (κ1) is 18.8. The molecule has 0 bridgehead atoms. The standard InChI is InChI=1S/C14H18O4.K/c1-2-3-4-5-10-18-14(17)12-8-6-11(7-9-12)13(15)16;/h6-9H,2-5,10H2,1H3,(H,15,16);/q;+1/p-1. The van der Waals surface area contributed by atoms with Crippen molar-refractivity contribution >= 4 is 11.9 Å². The molecular formula is C14H17KO4. The summed E-state index contributed by atoms with van der Waals surface area (Å²) in [4.78, 5) is 22.1. The van der Waals surface area contributed by atoms with Gasteiger partial charge in [0.25, 0.3) is 0 Å². The van der Waals surface area contributed by atoms with Crippen LogP contribution in [0.25, 0.3) is 0 Å². The van der Waals surface area contributed by atoms with Crippen LogP contribution in [-0.4, -0.2) is 18.5 Å². The van der Waals surface area contributed by atoms with E-state index in [4.69, 9.17) is 4.74 Å². The van der Waals surface area contributed by atoms with Crippen LogP contribution in [-0.2, 0) is 4.74 Å². The van der Waals surface area contributed by atoms with Gasteiger partial charge in [-0.15, -0.1) is 0 Å². The van der Waals surface area contributed by atoms with Crippen molar-refractivity contribution < 1.29 is 70.8 Å². The number of hydrogen-bond acceptors (Lipinski definition) is 4. The molecule has 0 saturated carbocycles. The number of benzene rings is 1. The molecule has 19 heavy (non-hydrogen) atoms. The van der Waals surface area contributed by atoms with E-state index in [2.05, 4.69) is 6.92 Å². The molecule has 0 atom stereocenters. The maximum atomic E-state index is 11.6. The van der Waals surface area contributed by atoms with Gasteiger partial charge < -0.3 is 14.6 Å². The molecule has 1 aromatic rings. The summed E-state index contributed by atoms with van der Waals surface area (Å²) in [5.41, 5.74) is 0.407. The fourth-order valence-corrected chi connectivity index (χ4v) is 1.52. The van der Waals surface area contributed by atoms with Crippen molar-refractivity contribution in [1.29, 1.82) is 0 Å². The molecule has 1 aromatic carbocycles. The summed E-state index contributed by atoms with van der Waals surface area (Å²) in [6, 6.07) is 5.53. The molecule has 0 fully saturated rings. The average molecular weight is 288 g/mol. The summed E-state index contributed by atoms with van der Waals surface area (Å²) in [6.45, 7) is 2.52. The zero-order valence-electron chi connectivity index (χ0n) is 11.5. The predicted octanol–water partition coefficient (Wildman–Crippen LogP) is -1.21. The number of carbonyl (C=O) groups excluding carboxylic acids is 2. The van der Waals surface area contributed by atoms with Gasteiger partial charge in [-0.1, -0.05) is 38.3 Å². The number of rotatable bonds is 7. The van der Waals surface area contributed by atoms with E-state index in [0.717, 1.165) is 25.7 Å². The van der Waals surface area contributed by atoms with Gasteiger partial charge in [-0.3, -0.25) is 0 Å². The van der Waals surface area contributed by atoms with Gasteiger partial charge in [-0.25, -0.2) is 4.79 Å². The minimum absolute atomic E-state index is 0. The molecule has 1 rings (SSSR count). The summed E-state index contributed by atoms with van der Waals surface area (Å²) in [5.74, 6) is -1.68. The molecule has 0 N–H and O–H groups in total. The van der Waals surface area contributed by atoms with Crippen LogP contribution < -0.4 is 56.5 Å². The van der Waals surface area contributed by atoms with Crippen LogP contribution in [0.3, 0.4) is 0 Å². The second-order valence-electron chi connectivity index (χ2n) is 4.06. The van der Waals surface area contributed by atoms with E-state index in [0.29, 0.717) is 12.2 Å². The van der Waals surface area contributed by atoms with E-state index in [1.54, 1.807) is 0 Å². The molecule has 0 aliphatic rings. The van der Waals surface area contributed by atoms with Crippen molar-refractivity contribution in [3.63, 3.8) is 0 Å². The van der Waals surface area contributed by atoms with Gasteiger partial charge in [-0.05, 0) is 24.1 Å². The Kier molecular flexibility index (Phi) is 10.5. The fourth-order valence-electron chi connectivity index (χ4n) is 1.52. The largest absolute Gasteiger partial charge is 1.00 e. The van der Waals surface area contributed by atoms with Crippen LogP contribution in [0.15, 0.2) is 24.3 Å². The maximum Gasteiger partial charge on any atom is 1.00 e. The Balaban J connectivity index is 0.00000324. The van der Waals surface area contributed by atoms with E-state index in [-0.39, 0.29) is 56.9 Å². The Morgan fingerprint density at radius 3 is 2.16 bits per heavy atom. The Morgan fingerprint density at radius 1 is 1.05 bits per heavy atom. The summed E-state index contributed by atoms with van der Waals surface area (Å²) < 4.78 is 5.07. The number of unbranched alkanes of at least 4 members (excludes halogenated alkanes) is 3. The van der Waals surface area contributed by atoms with E-state index in [9.17, 15) is 14.7 Å². The van der Waals surface area contributed by atoms with Crippen LogP contribution >= 0.6 is 0 Å². The van der Waals surface area contributed by atoms with Crippen LogP contribution in [0.2, 0.25) is 0 Å². The molecule has 0 aliphatic heterocycles. The average Bonchev–Trinajstić information content (AvgIpc) is 2.38. The van der Waals surface area contributed by atoms with E-state index >= 15 is 0 Å². The van der Waals surface area contributed by atoms with E-state index in [1.165, 1.54) is 24.3 Å². The first-order chi connectivity index (χ1) is 8.65. The van der Waals surface area contributed by atoms with Crippen LogP contribution in [0.4, 0.5) is 0 Å². The van der Waals surface area contributed by atoms with Crippen LogP contribution in [0.1, 0.15) is 53.3 Å². The Labute approximate surface area is 156 Å². The number of carboxylic acid groups (broad SMARTS) is 1. The van der Waals surface area contributed by atoms with Crippen LogP contribution in [0.5, 0.6) is 0 Å². The third-order valence-corrected chi connectivity index (χ3v) is 2.59. The first-order valence-corrected chi connectivity index (χ1v) is 6.13. The van der Waals surface area contributed by atoms with Gasteiger partial charge in [0.2, 0.25) is 0 Å². The zero-order valence-corrected chi connectivity index (χ0v) is 14.6. The summed E-state index contributed by atoms with van der Waals surface area (Å²) in [6.07, 6.45) is 4.18. The van der Waals surface area contributed by atoms with Crippen molar-refractivity contribution in [3.8, 4) is 0 Å². The van der Waals surface area contributed by atoms with E-state index in [1.807, 2.05) is 0 Å². The van der Waals surface area contributed by atoms with Gasteiger partial charge in [0, 0.05) is 0 Å². The maximum absolute atomic E-state index is 11.6. The van der Waals surface area contributed by atoms with Crippen molar-refractivity contribution in [2.45, 2.75) is 32.6 Å². The molecule has 0 spiro atoms. The Bertz CT molecular complexity index is 400. The molecule has 5 heteroatoms. The predicted molar refractivity (Wildman–Crippen MR) is 65.2 cm³/mol. The smallest absolute Gasteiger partial charge is 0.545 e. The molecule has 0 unspecified atom stereocenters. The van der Waals surface area contributed by atoms with Crippen molar-refractivity contribution in [2.75, 3.05) is 6.61 Å². The zero-order chi connectivity index (χ0) is 13.4. The third-order valence-electron chi connectivity index (χ3n) is 2.59. The number of esters is 1. The second-order valence-corrected chi connectivity index (χ2v) is 4.06. The Hall–Kier alpha value is -0.204. The van der Waals surface area contributed by atoms with Gasteiger partial charge in [-0.2, -0.15) is 0 Å². The van der Waals surface area contributed by atoms with Crippen molar-refractivity contribution in [2.24, 2.45) is 0 Å². The topological polar surface area (TPSA) is 66.4 Å². The first-order valence-electron chi connectivity index (χ1n) is 6.13. The van der Waals surface area contributed by atoms with Crippen LogP contribution in [0, 0.1) is 0 Å². The summed E-state index contributed by atoms with van der Waals surface area (Å²) in [7, 11) is 0. The quantitative estimate of drug-likeness (QED) is 0.359. The van der Waals surface area contributed by atoms with E-state index < -0.39 is 11.9 Å². The van der Waals surface area contributed by atoms with Gasteiger partial charge >= 0.3 is 57.4 Å². The van der Waals surface area contributed by atoms with Gasteiger partial charge in [0.1, 0.15) is 0 Å². The molecule has 0 amide bonds. The minimum atomic E-state index is -1.26. The monoisotopic (exact) mass is 288 g/mol. The number of aromatic carboxylic acids is 1. The third kappa shape index (κ3) is 7.22. The fraction of sp³-hybridized carbons (Fsp3) is 0.429. The molecule has 0 aromatic heterocycles. The van der Waals surface area contributed by atoms with Gasteiger partial charge in [0.15, 0.2) is 0 Å². The molecular weight excluding hydrogens is 271 g/mol.